The number of hydrogen-bond donors (Lipinski definition) is 2. The van der Waals surface area contributed by atoms with Crippen molar-refractivity contribution in [1.82, 2.24) is 14.9 Å². The number of aromatic nitrogens is 3. The van der Waals surface area contributed by atoms with Crippen LogP contribution in [0.5, 0.6) is 11.5 Å². The quantitative estimate of drug-likeness (QED) is 0.281. The topological polar surface area (TPSA) is 162 Å². The third-order valence-electron chi connectivity index (χ3n) is 3.53. The maximum absolute atomic E-state index is 12.4. The Balaban J connectivity index is 2.51. The molecule has 1 aromatic carbocycles. The fourth-order valence-corrected chi connectivity index (χ4v) is 2.36. The molecule has 0 atom stereocenters. The number of carboxylic acid groups (broad SMARTS) is 1. The van der Waals surface area contributed by atoms with Gasteiger partial charge in [-0.2, -0.15) is 14.9 Å². The fourth-order valence-electron chi connectivity index (χ4n) is 2.19. The lowest BCUT2D eigenvalue weighted by Gasteiger charge is -2.08. The van der Waals surface area contributed by atoms with Gasteiger partial charge in [-0.3, -0.25) is 24.8 Å². The van der Waals surface area contributed by atoms with Gasteiger partial charge >= 0.3 is 11.7 Å². The average Bonchev–Trinajstić information content (AvgIpc) is 2.66. The van der Waals surface area contributed by atoms with Crippen molar-refractivity contribution in [1.29, 1.82) is 0 Å². The SMILES string of the molecule is COc1cc(OC)c([N+](=O)[O-])cc1/C=N\n1c(=S)[nH]nc(CCC(=O)O)c1=O. The highest BCUT2D eigenvalue weighted by molar-refractivity contribution is 7.71. The molecule has 13 heteroatoms. The number of nitrogens with one attached hydrogen (secondary N) is 1. The summed E-state index contributed by atoms with van der Waals surface area (Å²) in [5.74, 6) is -0.878. The number of hydrogen-bond acceptors (Lipinski definition) is 9. The number of rotatable bonds is 8. The first-order valence-electron chi connectivity index (χ1n) is 7.65. The van der Waals surface area contributed by atoms with E-state index in [-0.39, 0.29) is 46.1 Å². The van der Waals surface area contributed by atoms with E-state index in [2.05, 4.69) is 15.3 Å². The largest absolute Gasteiger partial charge is 0.496 e. The van der Waals surface area contributed by atoms with E-state index in [1.165, 1.54) is 26.4 Å². The molecular formula is C15H15N5O7S. The number of ether oxygens (including phenoxy) is 2. The van der Waals surface area contributed by atoms with E-state index in [9.17, 15) is 19.7 Å². The first-order chi connectivity index (χ1) is 13.3. The summed E-state index contributed by atoms with van der Waals surface area (Å²) in [5.41, 5.74) is -0.900. The molecule has 2 rings (SSSR count). The highest BCUT2D eigenvalue weighted by Gasteiger charge is 2.19. The highest BCUT2D eigenvalue weighted by Crippen LogP contribution is 2.33. The summed E-state index contributed by atoms with van der Waals surface area (Å²) in [6.07, 6.45) is 0.736. The van der Waals surface area contributed by atoms with Gasteiger partial charge in [0.15, 0.2) is 0 Å². The molecule has 28 heavy (non-hydrogen) atoms. The van der Waals surface area contributed by atoms with Crippen molar-refractivity contribution < 1.29 is 24.3 Å². The zero-order valence-electron chi connectivity index (χ0n) is 14.7. The van der Waals surface area contributed by atoms with Crippen molar-refractivity contribution >= 4 is 30.1 Å². The van der Waals surface area contributed by atoms with Crippen LogP contribution in [-0.2, 0) is 11.2 Å². The van der Waals surface area contributed by atoms with Gasteiger partial charge in [0.1, 0.15) is 11.4 Å². The lowest BCUT2D eigenvalue weighted by molar-refractivity contribution is -0.385. The van der Waals surface area contributed by atoms with E-state index < -0.39 is 16.5 Å². The Hall–Kier alpha value is -3.61. The molecule has 1 aromatic heterocycles. The van der Waals surface area contributed by atoms with Gasteiger partial charge in [-0.15, -0.1) is 0 Å². The van der Waals surface area contributed by atoms with E-state index in [1.807, 2.05) is 0 Å². The summed E-state index contributed by atoms with van der Waals surface area (Å²) in [7, 11) is 2.64. The molecular weight excluding hydrogens is 394 g/mol. The molecule has 2 N–H and O–H groups in total. The Labute approximate surface area is 162 Å². The van der Waals surface area contributed by atoms with Crippen LogP contribution in [0.4, 0.5) is 5.69 Å². The second-order valence-corrected chi connectivity index (χ2v) is 5.64. The van der Waals surface area contributed by atoms with Crippen LogP contribution in [0.15, 0.2) is 22.0 Å². The van der Waals surface area contributed by atoms with E-state index in [0.29, 0.717) is 0 Å². The van der Waals surface area contributed by atoms with Crippen LogP contribution in [0.1, 0.15) is 17.7 Å². The third kappa shape index (κ3) is 4.56. The summed E-state index contributed by atoms with van der Waals surface area (Å²) in [6, 6.07) is 2.49. The standard InChI is InChI=1S/C15H15N5O7S/c1-26-11-6-12(27-2)10(20(24)25)5-8(11)7-16-19-14(23)9(3-4-13(21)22)17-18-15(19)28/h5-7H,3-4H2,1-2H3,(H,18,28)(H,21,22)/b16-7-. The fraction of sp³-hybridized carbons (Fsp3) is 0.267. The smallest absolute Gasteiger partial charge is 0.311 e. The van der Waals surface area contributed by atoms with Crippen molar-refractivity contribution in [3.05, 3.63) is 48.6 Å². The average molecular weight is 409 g/mol. The highest BCUT2D eigenvalue weighted by atomic mass is 32.1. The van der Waals surface area contributed by atoms with Crippen LogP contribution in [-0.4, -0.2) is 51.3 Å². The van der Waals surface area contributed by atoms with Gasteiger partial charge in [-0.25, -0.2) is 0 Å². The molecule has 0 aliphatic carbocycles. The molecule has 0 saturated heterocycles. The van der Waals surface area contributed by atoms with Crippen molar-refractivity contribution in [2.75, 3.05) is 14.2 Å². The molecule has 1 heterocycles. The van der Waals surface area contributed by atoms with Crippen LogP contribution < -0.4 is 15.0 Å². The number of carbonyl (C=O) groups is 1. The van der Waals surface area contributed by atoms with Crippen LogP contribution in [0.2, 0.25) is 0 Å². The minimum Gasteiger partial charge on any atom is -0.496 e. The summed E-state index contributed by atoms with van der Waals surface area (Å²) in [5, 5.41) is 30.0. The molecule has 0 bridgehead atoms. The zero-order valence-corrected chi connectivity index (χ0v) is 15.6. The molecule has 0 aliphatic heterocycles. The first kappa shape index (κ1) is 20.7. The van der Waals surface area contributed by atoms with Crippen molar-refractivity contribution in [2.45, 2.75) is 12.8 Å². The predicted molar refractivity (Wildman–Crippen MR) is 98.8 cm³/mol. The Morgan fingerprint density at radius 2 is 2.11 bits per heavy atom. The summed E-state index contributed by atoms with van der Waals surface area (Å²) < 4.78 is 10.8. The van der Waals surface area contributed by atoms with Crippen LogP contribution >= 0.6 is 12.2 Å². The van der Waals surface area contributed by atoms with E-state index >= 15 is 0 Å². The Bertz CT molecular complexity index is 1060. The molecule has 0 fully saturated rings. The number of nitrogens with zero attached hydrogens (tertiary/aromatic N) is 4. The summed E-state index contributed by atoms with van der Waals surface area (Å²) >= 11 is 4.97. The van der Waals surface area contributed by atoms with Crippen LogP contribution in [0.25, 0.3) is 0 Å². The minimum atomic E-state index is -1.09. The van der Waals surface area contributed by atoms with Crippen LogP contribution in [0.3, 0.4) is 0 Å². The number of aliphatic carboxylic acids is 1. The molecule has 0 aliphatic rings. The second kappa shape index (κ2) is 8.85. The number of nitro groups is 1. The lowest BCUT2D eigenvalue weighted by Crippen LogP contribution is -2.25. The van der Waals surface area contributed by atoms with Gasteiger partial charge in [0.2, 0.25) is 10.5 Å². The molecule has 0 amide bonds. The first-order valence-corrected chi connectivity index (χ1v) is 8.06. The van der Waals surface area contributed by atoms with Crippen molar-refractivity contribution in [3.8, 4) is 11.5 Å². The third-order valence-corrected chi connectivity index (χ3v) is 3.80. The minimum absolute atomic E-state index is 0.00618. The maximum atomic E-state index is 12.4. The molecule has 148 valence electrons. The van der Waals surface area contributed by atoms with Gasteiger partial charge in [-0.05, 0) is 12.2 Å². The van der Waals surface area contributed by atoms with Gasteiger partial charge in [0, 0.05) is 24.1 Å². The summed E-state index contributed by atoms with van der Waals surface area (Å²) in [4.78, 5) is 33.6. The maximum Gasteiger partial charge on any atom is 0.311 e. The van der Waals surface area contributed by atoms with E-state index in [0.717, 1.165) is 10.9 Å². The monoisotopic (exact) mass is 409 g/mol. The molecule has 0 radical (unpaired) electrons. The summed E-state index contributed by atoms with van der Waals surface area (Å²) in [6.45, 7) is 0. The number of nitro benzene ring substituents is 1. The molecule has 0 saturated carbocycles. The predicted octanol–water partition coefficient (Wildman–Crippen LogP) is 1.13. The van der Waals surface area contributed by atoms with Gasteiger partial charge in [0.25, 0.3) is 5.56 Å². The molecule has 12 nitrogen and oxygen atoms in total. The Kier molecular flexibility index (Phi) is 6.55. The lowest BCUT2D eigenvalue weighted by atomic mass is 10.1. The Morgan fingerprint density at radius 1 is 1.43 bits per heavy atom. The number of H-pyrrole nitrogens is 1. The van der Waals surface area contributed by atoms with Crippen LogP contribution in [0, 0.1) is 14.9 Å². The molecule has 0 unspecified atom stereocenters. The molecule has 2 aromatic rings. The Morgan fingerprint density at radius 3 is 2.68 bits per heavy atom. The van der Waals surface area contributed by atoms with E-state index in [1.54, 1.807) is 0 Å². The number of carboxylic acids is 1. The normalized spacial score (nSPS) is 10.8. The van der Waals surface area contributed by atoms with Crippen molar-refractivity contribution in [3.63, 3.8) is 0 Å². The van der Waals surface area contributed by atoms with Crippen molar-refractivity contribution in [2.24, 2.45) is 5.10 Å². The molecule has 0 spiro atoms. The number of benzene rings is 1. The van der Waals surface area contributed by atoms with E-state index in [4.69, 9.17) is 26.8 Å². The van der Waals surface area contributed by atoms with Gasteiger partial charge in [0.05, 0.1) is 31.8 Å². The van der Waals surface area contributed by atoms with Gasteiger partial charge in [-0.1, -0.05) is 0 Å². The number of aryl methyl sites for hydroxylation is 1. The second-order valence-electron chi connectivity index (χ2n) is 5.25. The number of aromatic amines is 1. The zero-order chi connectivity index (χ0) is 20.8. The number of methoxy groups -OCH3 is 2. The van der Waals surface area contributed by atoms with Gasteiger partial charge < -0.3 is 14.6 Å².